The molecule has 0 bridgehead atoms. The molecule has 0 spiro atoms. The SMILES string of the molecule is O=C(NCCCNc1ccc(C(F)(F)F)cn1)c1cccc(Nc2ncccn2)c1. The highest BCUT2D eigenvalue weighted by molar-refractivity contribution is 5.95. The van der Waals surface area contributed by atoms with Crippen LogP contribution in [0.5, 0.6) is 0 Å². The molecule has 10 heteroatoms. The molecule has 2 heterocycles. The van der Waals surface area contributed by atoms with Crippen LogP contribution in [0.2, 0.25) is 0 Å². The zero-order chi connectivity index (χ0) is 21.4. The zero-order valence-corrected chi connectivity index (χ0v) is 15.8. The average Bonchev–Trinajstić information content (AvgIpc) is 2.74. The summed E-state index contributed by atoms with van der Waals surface area (Å²) in [6.07, 6.45) is 0.173. The Morgan fingerprint density at radius 3 is 2.47 bits per heavy atom. The van der Waals surface area contributed by atoms with E-state index in [1.54, 1.807) is 42.7 Å². The van der Waals surface area contributed by atoms with Crippen molar-refractivity contribution < 1.29 is 18.0 Å². The summed E-state index contributed by atoms with van der Waals surface area (Å²) in [5.41, 5.74) is 0.369. The molecule has 1 amide bonds. The number of amides is 1. The van der Waals surface area contributed by atoms with Crippen LogP contribution in [-0.4, -0.2) is 33.9 Å². The van der Waals surface area contributed by atoms with Gasteiger partial charge in [0.25, 0.3) is 5.91 Å². The number of aromatic nitrogens is 3. The number of hydrogen-bond donors (Lipinski definition) is 3. The zero-order valence-electron chi connectivity index (χ0n) is 15.8. The van der Waals surface area contributed by atoms with Crippen molar-refractivity contribution >= 4 is 23.4 Å². The summed E-state index contributed by atoms with van der Waals surface area (Å²) in [6, 6.07) is 10.9. The summed E-state index contributed by atoms with van der Waals surface area (Å²) in [4.78, 5) is 24.2. The third-order valence-corrected chi connectivity index (χ3v) is 3.98. The van der Waals surface area contributed by atoms with Crippen LogP contribution >= 0.6 is 0 Å². The van der Waals surface area contributed by atoms with Crippen molar-refractivity contribution in [2.45, 2.75) is 12.6 Å². The number of carbonyl (C=O) groups excluding carboxylic acids is 1. The standard InChI is InChI=1S/C20H19F3N6O/c21-20(22,23)15-6-7-17(28-13-15)24-8-2-9-25-18(30)14-4-1-5-16(12-14)29-19-26-10-3-11-27-19/h1,3-7,10-13H,2,8-9H2,(H,24,28)(H,25,30)(H,26,27,29). The van der Waals surface area contributed by atoms with Crippen LogP contribution in [0.4, 0.5) is 30.6 Å². The number of anilines is 3. The van der Waals surface area contributed by atoms with Gasteiger partial charge in [-0.3, -0.25) is 4.79 Å². The molecule has 0 saturated heterocycles. The Bertz CT molecular complexity index is 964. The van der Waals surface area contributed by atoms with E-state index < -0.39 is 11.7 Å². The van der Waals surface area contributed by atoms with Crippen LogP contribution in [0.3, 0.4) is 0 Å². The molecule has 156 valence electrons. The van der Waals surface area contributed by atoms with Crippen molar-refractivity contribution in [3.63, 3.8) is 0 Å². The monoisotopic (exact) mass is 416 g/mol. The largest absolute Gasteiger partial charge is 0.417 e. The van der Waals surface area contributed by atoms with Gasteiger partial charge in [0.1, 0.15) is 5.82 Å². The van der Waals surface area contributed by atoms with Gasteiger partial charge in [-0.25, -0.2) is 15.0 Å². The second kappa shape index (κ2) is 9.68. The maximum Gasteiger partial charge on any atom is 0.417 e. The molecule has 1 aromatic carbocycles. The molecule has 0 aliphatic carbocycles. The Morgan fingerprint density at radius 2 is 1.77 bits per heavy atom. The lowest BCUT2D eigenvalue weighted by Gasteiger charge is -2.10. The van der Waals surface area contributed by atoms with Crippen LogP contribution in [0.1, 0.15) is 22.3 Å². The number of nitrogens with one attached hydrogen (secondary N) is 3. The third-order valence-electron chi connectivity index (χ3n) is 3.98. The number of carbonyl (C=O) groups is 1. The molecule has 0 saturated carbocycles. The molecule has 0 aliphatic heterocycles. The summed E-state index contributed by atoms with van der Waals surface area (Å²) in [5, 5.41) is 8.74. The second-order valence-electron chi connectivity index (χ2n) is 6.24. The van der Waals surface area contributed by atoms with Gasteiger partial charge in [0.05, 0.1) is 5.56 Å². The van der Waals surface area contributed by atoms with Crippen molar-refractivity contribution in [1.82, 2.24) is 20.3 Å². The first kappa shape index (κ1) is 21.0. The fraction of sp³-hybridized carbons (Fsp3) is 0.200. The molecule has 30 heavy (non-hydrogen) atoms. The highest BCUT2D eigenvalue weighted by atomic mass is 19.4. The molecular formula is C20H19F3N6O. The Hall–Kier alpha value is -3.69. The maximum atomic E-state index is 12.5. The fourth-order valence-corrected chi connectivity index (χ4v) is 2.51. The first-order chi connectivity index (χ1) is 14.4. The van der Waals surface area contributed by atoms with E-state index >= 15 is 0 Å². The third kappa shape index (κ3) is 6.16. The molecule has 0 fully saturated rings. The molecule has 7 nitrogen and oxygen atoms in total. The molecule has 3 rings (SSSR count). The summed E-state index contributed by atoms with van der Waals surface area (Å²) >= 11 is 0. The van der Waals surface area contributed by atoms with E-state index in [9.17, 15) is 18.0 Å². The predicted octanol–water partition coefficient (Wildman–Crippen LogP) is 3.87. The Labute approximate surface area is 170 Å². The van der Waals surface area contributed by atoms with Crippen molar-refractivity contribution in [2.24, 2.45) is 0 Å². The van der Waals surface area contributed by atoms with Crippen LogP contribution in [-0.2, 0) is 6.18 Å². The minimum absolute atomic E-state index is 0.236. The average molecular weight is 416 g/mol. The minimum atomic E-state index is -4.41. The van der Waals surface area contributed by atoms with Gasteiger partial charge in [-0.1, -0.05) is 6.07 Å². The summed E-state index contributed by atoms with van der Waals surface area (Å²) < 4.78 is 37.5. The lowest BCUT2D eigenvalue weighted by atomic mass is 10.2. The minimum Gasteiger partial charge on any atom is -0.370 e. The van der Waals surface area contributed by atoms with E-state index in [2.05, 4.69) is 30.9 Å². The quantitative estimate of drug-likeness (QED) is 0.483. The van der Waals surface area contributed by atoms with Crippen LogP contribution in [0.15, 0.2) is 61.1 Å². The molecule has 3 aromatic rings. The molecule has 0 aliphatic rings. The van der Waals surface area contributed by atoms with E-state index in [-0.39, 0.29) is 5.91 Å². The van der Waals surface area contributed by atoms with Gasteiger partial charge >= 0.3 is 6.18 Å². The van der Waals surface area contributed by atoms with Crippen molar-refractivity contribution in [3.8, 4) is 0 Å². The first-order valence-corrected chi connectivity index (χ1v) is 9.11. The van der Waals surface area contributed by atoms with E-state index in [1.165, 1.54) is 6.07 Å². The van der Waals surface area contributed by atoms with Gasteiger partial charge in [-0.15, -0.1) is 0 Å². The van der Waals surface area contributed by atoms with E-state index in [0.29, 0.717) is 42.5 Å². The Balaban J connectivity index is 1.42. The summed E-state index contributed by atoms with van der Waals surface area (Å²) in [7, 11) is 0. The molecule has 2 aromatic heterocycles. The smallest absolute Gasteiger partial charge is 0.370 e. The number of halogens is 3. The number of hydrogen-bond acceptors (Lipinski definition) is 6. The lowest BCUT2D eigenvalue weighted by Crippen LogP contribution is -2.25. The van der Waals surface area contributed by atoms with Crippen LogP contribution in [0, 0.1) is 0 Å². The second-order valence-corrected chi connectivity index (χ2v) is 6.24. The van der Waals surface area contributed by atoms with Gasteiger partial charge in [-0.2, -0.15) is 13.2 Å². The van der Waals surface area contributed by atoms with Crippen molar-refractivity contribution in [2.75, 3.05) is 23.7 Å². The number of pyridine rings is 1. The van der Waals surface area contributed by atoms with Crippen molar-refractivity contribution in [3.05, 3.63) is 72.2 Å². The highest BCUT2D eigenvalue weighted by Gasteiger charge is 2.30. The molecular weight excluding hydrogens is 397 g/mol. The summed E-state index contributed by atoms with van der Waals surface area (Å²) in [5.74, 6) is 0.537. The van der Waals surface area contributed by atoms with Crippen molar-refractivity contribution in [1.29, 1.82) is 0 Å². The Kier molecular flexibility index (Phi) is 6.79. The topological polar surface area (TPSA) is 91.8 Å². The molecule has 0 atom stereocenters. The van der Waals surface area contributed by atoms with Gasteiger partial charge in [0, 0.05) is 42.9 Å². The van der Waals surface area contributed by atoms with E-state index in [1.807, 2.05) is 0 Å². The van der Waals surface area contributed by atoms with Gasteiger partial charge in [0.15, 0.2) is 0 Å². The van der Waals surface area contributed by atoms with Gasteiger partial charge in [0.2, 0.25) is 5.95 Å². The number of rotatable bonds is 8. The highest BCUT2D eigenvalue weighted by Crippen LogP contribution is 2.28. The van der Waals surface area contributed by atoms with Gasteiger partial charge in [-0.05, 0) is 42.8 Å². The van der Waals surface area contributed by atoms with Crippen LogP contribution < -0.4 is 16.0 Å². The van der Waals surface area contributed by atoms with E-state index in [4.69, 9.17) is 0 Å². The van der Waals surface area contributed by atoms with Gasteiger partial charge < -0.3 is 16.0 Å². The number of nitrogens with zero attached hydrogens (tertiary/aromatic N) is 3. The molecule has 0 radical (unpaired) electrons. The predicted molar refractivity (Wildman–Crippen MR) is 106 cm³/mol. The molecule has 3 N–H and O–H groups in total. The number of benzene rings is 1. The number of alkyl halides is 3. The van der Waals surface area contributed by atoms with E-state index in [0.717, 1.165) is 12.3 Å². The lowest BCUT2D eigenvalue weighted by molar-refractivity contribution is -0.137. The first-order valence-electron chi connectivity index (χ1n) is 9.11. The molecule has 0 unspecified atom stereocenters. The van der Waals surface area contributed by atoms with Crippen LogP contribution in [0.25, 0.3) is 0 Å². The Morgan fingerprint density at radius 1 is 0.967 bits per heavy atom. The fourth-order valence-electron chi connectivity index (χ4n) is 2.51. The normalized spacial score (nSPS) is 11.0. The summed E-state index contributed by atoms with van der Waals surface area (Å²) in [6.45, 7) is 0.845. The maximum absolute atomic E-state index is 12.5.